The molecule has 2 atom stereocenters. The number of morpholine rings is 1. The van der Waals surface area contributed by atoms with Crippen molar-refractivity contribution in [3.05, 3.63) is 35.9 Å². The van der Waals surface area contributed by atoms with E-state index >= 15 is 0 Å². The second-order valence-corrected chi connectivity index (χ2v) is 5.57. The largest absolute Gasteiger partial charge is 0.370 e. The fourth-order valence-electron chi connectivity index (χ4n) is 2.54. The molecule has 2 rings (SSSR count). The minimum absolute atomic E-state index is 0.0884. The Bertz CT molecular complexity index is 347. The lowest BCUT2D eigenvalue weighted by Gasteiger charge is -2.42. The molecule has 0 radical (unpaired) electrons. The smallest absolute Gasteiger partial charge is 0.0978 e. The van der Waals surface area contributed by atoms with Gasteiger partial charge < -0.3 is 10.1 Å². The Labute approximate surface area is 104 Å². The van der Waals surface area contributed by atoms with Gasteiger partial charge in [-0.05, 0) is 25.8 Å². The van der Waals surface area contributed by atoms with Gasteiger partial charge in [0.15, 0.2) is 0 Å². The second-order valence-electron chi connectivity index (χ2n) is 5.57. The lowest BCUT2D eigenvalue weighted by molar-refractivity contribution is -0.0564. The molecule has 0 bridgehead atoms. The van der Waals surface area contributed by atoms with Gasteiger partial charge in [0, 0.05) is 11.6 Å². The number of benzene rings is 1. The molecule has 1 fully saturated rings. The van der Waals surface area contributed by atoms with Crippen molar-refractivity contribution in [3.8, 4) is 0 Å². The highest BCUT2D eigenvalue weighted by Gasteiger charge is 2.34. The SMILES string of the molecule is CCC[C@@H]1NC(C)(C)CO[C@H]1c1ccccc1. The van der Waals surface area contributed by atoms with Gasteiger partial charge in [-0.25, -0.2) is 0 Å². The third kappa shape index (κ3) is 3.08. The number of nitrogens with one attached hydrogen (secondary N) is 1. The van der Waals surface area contributed by atoms with E-state index < -0.39 is 0 Å². The molecule has 1 saturated heterocycles. The molecule has 1 aromatic rings. The Morgan fingerprint density at radius 1 is 1.29 bits per heavy atom. The predicted octanol–water partition coefficient (Wildman–Crippen LogP) is 3.29. The van der Waals surface area contributed by atoms with Crippen molar-refractivity contribution >= 4 is 0 Å². The molecule has 0 aromatic heterocycles. The average molecular weight is 233 g/mol. The Kier molecular flexibility index (Phi) is 3.85. The van der Waals surface area contributed by atoms with Gasteiger partial charge in [0.1, 0.15) is 0 Å². The van der Waals surface area contributed by atoms with Crippen LogP contribution in [0.15, 0.2) is 30.3 Å². The molecule has 1 aliphatic heterocycles. The number of ether oxygens (including phenoxy) is 1. The fourth-order valence-corrected chi connectivity index (χ4v) is 2.54. The van der Waals surface area contributed by atoms with Crippen LogP contribution in [-0.4, -0.2) is 18.2 Å². The quantitative estimate of drug-likeness (QED) is 0.865. The highest BCUT2D eigenvalue weighted by atomic mass is 16.5. The summed E-state index contributed by atoms with van der Waals surface area (Å²) in [5, 5.41) is 3.72. The summed E-state index contributed by atoms with van der Waals surface area (Å²) in [6.07, 6.45) is 2.54. The molecule has 2 nitrogen and oxygen atoms in total. The van der Waals surface area contributed by atoms with Crippen LogP contribution in [0.3, 0.4) is 0 Å². The topological polar surface area (TPSA) is 21.3 Å². The first-order valence-corrected chi connectivity index (χ1v) is 6.56. The summed E-state index contributed by atoms with van der Waals surface area (Å²) in [7, 11) is 0. The van der Waals surface area contributed by atoms with E-state index in [9.17, 15) is 0 Å². The van der Waals surface area contributed by atoms with Gasteiger partial charge in [0.25, 0.3) is 0 Å². The highest BCUT2D eigenvalue weighted by molar-refractivity contribution is 5.20. The number of hydrogen-bond acceptors (Lipinski definition) is 2. The molecule has 0 aliphatic carbocycles. The molecular weight excluding hydrogens is 210 g/mol. The summed E-state index contributed by atoms with van der Waals surface area (Å²) in [5.41, 5.74) is 1.37. The van der Waals surface area contributed by atoms with Crippen molar-refractivity contribution in [3.63, 3.8) is 0 Å². The molecule has 0 unspecified atom stereocenters. The number of hydrogen-bond donors (Lipinski definition) is 1. The molecular formula is C15H23NO. The third-order valence-electron chi connectivity index (χ3n) is 3.29. The minimum Gasteiger partial charge on any atom is -0.370 e. The summed E-state index contributed by atoms with van der Waals surface area (Å²) in [6.45, 7) is 7.41. The van der Waals surface area contributed by atoms with Crippen LogP contribution in [0.4, 0.5) is 0 Å². The second kappa shape index (κ2) is 5.19. The predicted molar refractivity (Wildman–Crippen MR) is 71.0 cm³/mol. The minimum atomic E-state index is 0.0884. The van der Waals surface area contributed by atoms with E-state index in [0.717, 1.165) is 13.0 Å². The Hall–Kier alpha value is -0.860. The lowest BCUT2D eigenvalue weighted by atomic mass is 9.92. The molecule has 1 aromatic carbocycles. The van der Waals surface area contributed by atoms with Crippen LogP contribution in [0.1, 0.15) is 45.3 Å². The van der Waals surface area contributed by atoms with E-state index in [1.165, 1.54) is 12.0 Å². The normalized spacial score (nSPS) is 27.9. The maximum atomic E-state index is 6.08. The van der Waals surface area contributed by atoms with Crippen LogP contribution in [-0.2, 0) is 4.74 Å². The van der Waals surface area contributed by atoms with Crippen molar-refractivity contribution in [2.75, 3.05) is 6.61 Å². The molecule has 94 valence electrons. The van der Waals surface area contributed by atoms with Crippen LogP contribution in [0, 0.1) is 0 Å². The van der Waals surface area contributed by atoms with Crippen LogP contribution in [0.2, 0.25) is 0 Å². The van der Waals surface area contributed by atoms with Crippen molar-refractivity contribution in [2.24, 2.45) is 0 Å². The molecule has 1 heterocycles. The van der Waals surface area contributed by atoms with E-state index in [0.29, 0.717) is 6.04 Å². The third-order valence-corrected chi connectivity index (χ3v) is 3.29. The van der Waals surface area contributed by atoms with Crippen molar-refractivity contribution in [1.82, 2.24) is 5.32 Å². The standard InChI is InChI=1S/C15H23NO/c1-4-8-13-14(12-9-6-5-7-10-12)17-11-15(2,3)16-13/h5-7,9-10,13-14,16H,4,8,11H2,1-3H3/t13-,14-/m0/s1. The zero-order chi connectivity index (χ0) is 12.3. The zero-order valence-electron chi connectivity index (χ0n) is 11.1. The van der Waals surface area contributed by atoms with Gasteiger partial charge in [0.05, 0.1) is 12.7 Å². The average Bonchev–Trinajstić information content (AvgIpc) is 2.30. The molecule has 1 N–H and O–H groups in total. The summed E-state index contributed by atoms with van der Waals surface area (Å²) in [4.78, 5) is 0. The molecule has 0 saturated carbocycles. The lowest BCUT2D eigenvalue weighted by Crippen LogP contribution is -2.56. The van der Waals surface area contributed by atoms with Crippen molar-refractivity contribution < 1.29 is 4.74 Å². The first kappa shape index (κ1) is 12.6. The maximum Gasteiger partial charge on any atom is 0.0978 e. The molecule has 1 aliphatic rings. The summed E-state index contributed by atoms with van der Waals surface area (Å²) in [5.74, 6) is 0. The molecule has 2 heteroatoms. The van der Waals surface area contributed by atoms with Crippen LogP contribution >= 0.6 is 0 Å². The van der Waals surface area contributed by atoms with Gasteiger partial charge in [-0.3, -0.25) is 0 Å². The van der Waals surface area contributed by atoms with Crippen LogP contribution in [0.25, 0.3) is 0 Å². The first-order chi connectivity index (χ1) is 8.12. The van der Waals surface area contributed by atoms with E-state index in [1.54, 1.807) is 0 Å². The summed E-state index contributed by atoms with van der Waals surface area (Å²) >= 11 is 0. The fraction of sp³-hybridized carbons (Fsp3) is 0.600. The Morgan fingerprint density at radius 3 is 2.65 bits per heavy atom. The number of rotatable bonds is 3. The Balaban J connectivity index is 2.16. The van der Waals surface area contributed by atoms with Crippen LogP contribution in [0.5, 0.6) is 0 Å². The van der Waals surface area contributed by atoms with Gasteiger partial charge in [-0.15, -0.1) is 0 Å². The highest BCUT2D eigenvalue weighted by Crippen LogP contribution is 2.30. The monoisotopic (exact) mass is 233 g/mol. The van der Waals surface area contributed by atoms with E-state index in [2.05, 4.69) is 56.4 Å². The van der Waals surface area contributed by atoms with Gasteiger partial charge in [-0.2, -0.15) is 0 Å². The van der Waals surface area contributed by atoms with E-state index in [4.69, 9.17) is 4.74 Å². The van der Waals surface area contributed by atoms with E-state index in [1.807, 2.05) is 0 Å². The molecule has 17 heavy (non-hydrogen) atoms. The summed E-state index contributed by atoms with van der Waals surface area (Å²) in [6, 6.07) is 11.0. The molecule has 0 amide bonds. The van der Waals surface area contributed by atoms with Gasteiger partial charge in [-0.1, -0.05) is 43.7 Å². The Morgan fingerprint density at radius 2 is 2.00 bits per heavy atom. The maximum absolute atomic E-state index is 6.08. The van der Waals surface area contributed by atoms with Crippen molar-refractivity contribution in [2.45, 2.75) is 51.3 Å². The van der Waals surface area contributed by atoms with Crippen LogP contribution < -0.4 is 5.32 Å². The van der Waals surface area contributed by atoms with Gasteiger partial charge in [0.2, 0.25) is 0 Å². The van der Waals surface area contributed by atoms with Crippen molar-refractivity contribution in [1.29, 1.82) is 0 Å². The molecule has 0 spiro atoms. The first-order valence-electron chi connectivity index (χ1n) is 6.56. The van der Waals surface area contributed by atoms with E-state index in [-0.39, 0.29) is 11.6 Å². The van der Waals surface area contributed by atoms with Gasteiger partial charge >= 0.3 is 0 Å². The zero-order valence-corrected chi connectivity index (χ0v) is 11.1. The summed E-state index contributed by atoms with van der Waals surface area (Å²) < 4.78 is 6.08.